The van der Waals surface area contributed by atoms with Gasteiger partial charge in [0.1, 0.15) is 12.3 Å². The number of hydrogen-bond donors (Lipinski definition) is 1. The molecule has 1 unspecified atom stereocenters. The average molecular weight is 549 g/mol. The lowest BCUT2D eigenvalue weighted by Crippen LogP contribution is -2.42. The summed E-state index contributed by atoms with van der Waals surface area (Å²) in [6.45, 7) is 3.36. The molecule has 4 rings (SSSR count). The summed E-state index contributed by atoms with van der Waals surface area (Å²) in [5, 5.41) is 3.37. The third-order valence-corrected chi connectivity index (χ3v) is 8.25. The lowest BCUT2D eigenvalue weighted by Gasteiger charge is -2.28. The molecule has 4 aromatic rings. The molecule has 0 aliphatic carbocycles. The Morgan fingerprint density at radius 3 is 2.24 bits per heavy atom. The van der Waals surface area contributed by atoms with Gasteiger partial charge in [-0.15, -0.1) is 0 Å². The first-order valence-electron chi connectivity index (χ1n) is 12.0. The van der Waals surface area contributed by atoms with E-state index in [0.29, 0.717) is 5.02 Å². The molecule has 1 atom stereocenters. The van der Waals surface area contributed by atoms with Crippen LogP contribution in [0.25, 0.3) is 0 Å². The first-order chi connectivity index (χ1) is 18.2. The van der Waals surface area contributed by atoms with Crippen molar-refractivity contribution < 1.29 is 17.9 Å². The van der Waals surface area contributed by atoms with Gasteiger partial charge in [-0.05, 0) is 60.9 Å². The summed E-state index contributed by atoms with van der Waals surface area (Å²) >= 11 is 6.26. The zero-order valence-corrected chi connectivity index (χ0v) is 23.0. The summed E-state index contributed by atoms with van der Waals surface area (Å²) in [6.07, 6.45) is 0. The summed E-state index contributed by atoms with van der Waals surface area (Å²) in [5.41, 5.74) is 3.88. The molecule has 0 bridgehead atoms. The van der Waals surface area contributed by atoms with Gasteiger partial charge in [-0.1, -0.05) is 83.9 Å². The van der Waals surface area contributed by atoms with E-state index in [1.807, 2.05) is 68.4 Å². The van der Waals surface area contributed by atoms with Crippen LogP contribution < -0.4 is 14.4 Å². The summed E-state index contributed by atoms with van der Waals surface area (Å²) in [7, 11) is -2.72. The molecule has 0 saturated heterocycles. The van der Waals surface area contributed by atoms with Gasteiger partial charge in [0.2, 0.25) is 5.91 Å². The molecule has 0 spiro atoms. The number of amides is 1. The van der Waals surface area contributed by atoms with Crippen LogP contribution in [0.2, 0.25) is 5.02 Å². The molecule has 196 valence electrons. The van der Waals surface area contributed by atoms with Gasteiger partial charge in [-0.3, -0.25) is 9.10 Å². The molecule has 0 saturated carbocycles. The zero-order chi connectivity index (χ0) is 27.3. The quantitative estimate of drug-likeness (QED) is 0.275. The number of aryl methyl sites for hydroxylation is 2. The van der Waals surface area contributed by atoms with Crippen LogP contribution in [-0.2, 0) is 14.8 Å². The van der Waals surface area contributed by atoms with E-state index in [4.69, 9.17) is 16.3 Å². The van der Waals surface area contributed by atoms with Crippen molar-refractivity contribution in [2.24, 2.45) is 0 Å². The maximum atomic E-state index is 13.9. The standard InChI is InChI=1S/C30H29ClN2O4S/c1-21-13-16-25(17-14-21)38(35,36)33(27-19-24(31)15-18-28(27)37-3)20-29(34)32-30(23-10-5-4-6-11-23)26-12-8-7-9-22(26)2/h4-19,30H,20H2,1-3H3,(H,32,34). The van der Waals surface area contributed by atoms with E-state index in [-0.39, 0.29) is 16.3 Å². The van der Waals surface area contributed by atoms with Crippen molar-refractivity contribution in [3.63, 3.8) is 0 Å². The summed E-state index contributed by atoms with van der Waals surface area (Å²) in [4.78, 5) is 13.7. The Morgan fingerprint density at radius 2 is 1.58 bits per heavy atom. The number of carbonyl (C=O) groups is 1. The second-order valence-electron chi connectivity index (χ2n) is 8.91. The second-order valence-corrected chi connectivity index (χ2v) is 11.2. The number of benzene rings is 4. The molecule has 0 heterocycles. The van der Waals surface area contributed by atoms with Crippen molar-refractivity contribution in [1.29, 1.82) is 0 Å². The number of nitrogens with zero attached hydrogens (tertiary/aromatic N) is 1. The van der Waals surface area contributed by atoms with E-state index in [1.165, 1.54) is 25.3 Å². The van der Waals surface area contributed by atoms with E-state index in [0.717, 1.165) is 26.6 Å². The fourth-order valence-corrected chi connectivity index (χ4v) is 5.82. The summed E-state index contributed by atoms with van der Waals surface area (Å²) < 4.78 is 34.3. The fraction of sp³-hybridized carbons (Fsp3) is 0.167. The molecule has 8 heteroatoms. The van der Waals surface area contributed by atoms with Gasteiger partial charge in [0.25, 0.3) is 10.0 Å². The number of rotatable bonds is 9. The van der Waals surface area contributed by atoms with Crippen LogP contribution in [0.4, 0.5) is 5.69 Å². The molecular formula is C30H29ClN2O4S. The number of nitrogens with one attached hydrogen (secondary N) is 1. The average Bonchev–Trinajstić information content (AvgIpc) is 2.91. The number of methoxy groups -OCH3 is 1. The molecular weight excluding hydrogens is 520 g/mol. The minimum absolute atomic E-state index is 0.0523. The first-order valence-corrected chi connectivity index (χ1v) is 13.9. The van der Waals surface area contributed by atoms with Crippen LogP contribution >= 0.6 is 11.6 Å². The van der Waals surface area contributed by atoms with Gasteiger partial charge < -0.3 is 10.1 Å². The van der Waals surface area contributed by atoms with Crippen LogP contribution in [-0.4, -0.2) is 28.0 Å². The van der Waals surface area contributed by atoms with Crippen LogP contribution in [0, 0.1) is 13.8 Å². The third-order valence-electron chi connectivity index (χ3n) is 6.24. The van der Waals surface area contributed by atoms with Crippen LogP contribution in [0.5, 0.6) is 5.75 Å². The van der Waals surface area contributed by atoms with Crippen LogP contribution in [0.15, 0.2) is 102 Å². The highest BCUT2D eigenvalue weighted by molar-refractivity contribution is 7.92. The normalized spacial score (nSPS) is 12.0. The third kappa shape index (κ3) is 6.01. The zero-order valence-electron chi connectivity index (χ0n) is 21.4. The van der Waals surface area contributed by atoms with E-state index in [1.54, 1.807) is 24.3 Å². The second kappa shape index (κ2) is 11.7. The van der Waals surface area contributed by atoms with Crippen molar-refractivity contribution in [3.05, 3.63) is 124 Å². The fourth-order valence-electron chi connectivity index (χ4n) is 4.23. The monoisotopic (exact) mass is 548 g/mol. The SMILES string of the molecule is COc1ccc(Cl)cc1N(CC(=O)NC(c1ccccc1)c1ccccc1C)S(=O)(=O)c1ccc(C)cc1. The molecule has 0 fully saturated rings. The molecule has 1 amide bonds. The Hall–Kier alpha value is -3.81. The molecule has 1 N–H and O–H groups in total. The number of halogens is 1. The van der Waals surface area contributed by atoms with Crippen molar-refractivity contribution in [3.8, 4) is 5.75 Å². The Bertz CT molecular complexity index is 1520. The van der Waals surface area contributed by atoms with E-state index in [2.05, 4.69) is 5.32 Å². The van der Waals surface area contributed by atoms with Gasteiger partial charge in [-0.2, -0.15) is 0 Å². The molecule has 0 aromatic heterocycles. The molecule has 4 aromatic carbocycles. The van der Waals surface area contributed by atoms with Crippen molar-refractivity contribution >= 4 is 33.2 Å². The molecule has 6 nitrogen and oxygen atoms in total. The Labute approximate surface area is 228 Å². The molecule has 0 aliphatic heterocycles. The number of carbonyl (C=O) groups excluding carboxylic acids is 1. The number of sulfonamides is 1. The van der Waals surface area contributed by atoms with Crippen LogP contribution in [0.1, 0.15) is 28.3 Å². The largest absolute Gasteiger partial charge is 0.495 e. The van der Waals surface area contributed by atoms with Gasteiger partial charge in [-0.25, -0.2) is 8.42 Å². The van der Waals surface area contributed by atoms with Crippen LogP contribution in [0.3, 0.4) is 0 Å². The van der Waals surface area contributed by atoms with E-state index in [9.17, 15) is 13.2 Å². The molecule has 0 radical (unpaired) electrons. The molecule has 0 aliphatic rings. The van der Waals surface area contributed by atoms with Crippen molar-refractivity contribution in [2.45, 2.75) is 24.8 Å². The lowest BCUT2D eigenvalue weighted by atomic mass is 9.95. The van der Waals surface area contributed by atoms with Gasteiger partial charge in [0.15, 0.2) is 0 Å². The maximum Gasteiger partial charge on any atom is 0.264 e. The lowest BCUT2D eigenvalue weighted by molar-refractivity contribution is -0.120. The Morgan fingerprint density at radius 1 is 0.921 bits per heavy atom. The number of hydrogen-bond acceptors (Lipinski definition) is 4. The minimum Gasteiger partial charge on any atom is -0.495 e. The summed E-state index contributed by atoms with van der Waals surface area (Å²) in [6, 6.07) is 28.0. The summed E-state index contributed by atoms with van der Waals surface area (Å²) in [5.74, 6) is -0.212. The molecule has 38 heavy (non-hydrogen) atoms. The Kier molecular flexibility index (Phi) is 8.39. The minimum atomic E-state index is -4.15. The maximum absolute atomic E-state index is 13.9. The number of ether oxygens (including phenoxy) is 1. The number of anilines is 1. The van der Waals surface area contributed by atoms with Crippen molar-refractivity contribution in [1.82, 2.24) is 5.32 Å². The van der Waals surface area contributed by atoms with E-state index >= 15 is 0 Å². The Balaban J connectivity index is 1.75. The smallest absolute Gasteiger partial charge is 0.264 e. The van der Waals surface area contributed by atoms with Gasteiger partial charge >= 0.3 is 0 Å². The predicted molar refractivity (Wildman–Crippen MR) is 151 cm³/mol. The predicted octanol–water partition coefficient (Wildman–Crippen LogP) is 6.07. The van der Waals surface area contributed by atoms with Crippen molar-refractivity contribution in [2.75, 3.05) is 18.0 Å². The highest BCUT2D eigenvalue weighted by Crippen LogP contribution is 2.35. The topological polar surface area (TPSA) is 75.7 Å². The van der Waals surface area contributed by atoms with E-state index < -0.39 is 28.5 Å². The highest BCUT2D eigenvalue weighted by atomic mass is 35.5. The highest BCUT2D eigenvalue weighted by Gasteiger charge is 2.31. The van der Waals surface area contributed by atoms with Gasteiger partial charge in [0, 0.05) is 5.02 Å². The first kappa shape index (κ1) is 27.2. The van der Waals surface area contributed by atoms with Gasteiger partial charge in [0.05, 0.1) is 23.7 Å².